The summed E-state index contributed by atoms with van der Waals surface area (Å²) in [6.45, 7) is -0.0381. The molecule has 2 atom stereocenters. The van der Waals surface area contributed by atoms with Gasteiger partial charge in [0, 0.05) is 16.6 Å². The normalized spacial score (nSPS) is 19.7. The molecule has 1 aliphatic carbocycles. The summed E-state index contributed by atoms with van der Waals surface area (Å²) in [5.74, 6) is -0.608. The van der Waals surface area contributed by atoms with Crippen molar-refractivity contribution in [3.05, 3.63) is 24.3 Å². The van der Waals surface area contributed by atoms with Crippen molar-refractivity contribution in [3.63, 3.8) is 0 Å². The lowest BCUT2D eigenvalue weighted by Gasteiger charge is -2.30. The maximum atomic E-state index is 12.9. The Balaban J connectivity index is 1.98. The molecule has 2 unspecified atom stereocenters. The fourth-order valence-electron chi connectivity index (χ4n) is 3.48. The summed E-state index contributed by atoms with van der Waals surface area (Å²) in [5.41, 5.74) is 0. The van der Waals surface area contributed by atoms with Crippen molar-refractivity contribution in [1.29, 1.82) is 5.26 Å². The second kappa shape index (κ2) is 11.1. The van der Waals surface area contributed by atoms with Gasteiger partial charge in [-0.2, -0.15) is 13.7 Å². The van der Waals surface area contributed by atoms with E-state index in [1.807, 2.05) is 6.07 Å². The molecular weight excluding hydrogens is 448 g/mol. The Bertz CT molecular complexity index is 969. The van der Waals surface area contributed by atoms with E-state index in [0.717, 1.165) is 24.0 Å². The van der Waals surface area contributed by atoms with E-state index in [0.29, 0.717) is 18.6 Å². The van der Waals surface area contributed by atoms with Crippen LogP contribution < -0.4 is 5.32 Å². The first-order valence-electron chi connectivity index (χ1n) is 9.57. The predicted octanol–water partition coefficient (Wildman–Crippen LogP) is 1.97. The van der Waals surface area contributed by atoms with Gasteiger partial charge in [0.15, 0.2) is 9.84 Å². The van der Waals surface area contributed by atoms with Gasteiger partial charge in [-0.25, -0.2) is 8.42 Å². The molecule has 1 aromatic rings. The Hall–Kier alpha value is -1.61. The highest BCUT2D eigenvalue weighted by atomic mass is 32.2. The number of hydrogen-bond acceptors (Lipinski definition) is 8. The number of amides is 1. The Morgan fingerprint density at radius 3 is 2.50 bits per heavy atom. The SMILES string of the molecule is CS(=O)(=O)OCCSc1ccc(S(=O)(=O)CC2CCCCC2C(=O)NCC#N)cc1. The molecular formula is C19H26N2O6S3. The number of nitriles is 1. The lowest BCUT2D eigenvalue weighted by Crippen LogP contribution is -2.39. The second-order valence-corrected chi connectivity index (χ2v) is 12.0. The predicted molar refractivity (Wildman–Crippen MR) is 114 cm³/mol. The van der Waals surface area contributed by atoms with Crippen molar-refractivity contribution >= 4 is 37.6 Å². The van der Waals surface area contributed by atoms with E-state index in [1.165, 1.54) is 23.9 Å². The van der Waals surface area contributed by atoms with Gasteiger partial charge in [0.1, 0.15) is 6.54 Å². The molecule has 0 aliphatic heterocycles. The van der Waals surface area contributed by atoms with Crippen LogP contribution in [0.15, 0.2) is 34.1 Å². The Morgan fingerprint density at radius 1 is 1.20 bits per heavy atom. The highest BCUT2D eigenvalue weighted by molar-refractivity contribution is 7.99. The van der Waals surface area contributed by atoms with Gasteiger partial charge >= 0.3 is 0 Å². The first-order chi connectivity index (χ1) is 14.1. The van der Waals surface area contributed by atoms with Crippen LogP contribution in [0.25, 0.3) is 0 Å². The van der Waals surface area contributed by atoms with Crippen molar-refractivity contribution in [2.75, 3.05) is 30.9 Å². The summed E-state index contributed by atoms with van der Waals surface area (Å²) in [6.07, 6.45) is 4.03. The summed E-state index contributed by atoms with van der Waals surface area (Å²) >= 11 is 1.36. The number of carbonyl (C=O) groups is 1. The van der Waals surface area contributed by atoms with E-state index in [9.17, 15) is 21.6 Å². The first kappa shape index (κ1) is 24.7. The van der Waals surface area contributed by atoms with Crippen LogP contribution in [0.1, 0.15) is 25.7 Å². The highest BCUT2D eigenvalue weighted by Gasteiger charge is 2.34. The third kappa shape index (κ3) is 7.91. The summed E-state index contributed by atoms with van der Waals surface area (Å²) < 4.78 is 52.3. The van der Waals surface area contributed by atoms with Gasteiger partial charge in [0.2, 0.25) is 5.91 Å². The van der Waals surface area contributed by atoms with Crippen molar-refractivity contribution in [2.45, 2.75) is 35.5 Å². The van der Waals surface area contributed by atoms with E-state index < -0.39 is 25.9 Å². The smallest absolute Gasteiger partial charge is 0.264 e. The van der Waals surface area contributed by atoms with Crippen LogP contribution in [0, 0.1) is 23.2 Å². The summed E-state index contributed by atoms with van der Waals surface area (Å²) in [5, 5.41) is 11.2. The molecule has 0 heterocycles. The molecule has 0 saturated heterocycles. The number of rotatable bonds is 10. The molecule has 1 aromatic carbocycles. The number of thioether (sulfide) groups is 1. The quantitative estimate of drug-likeness (QED) is 0.236. The van der Waals surface area contributed by atoms with Gasteiger partial charge in [-0.3, -0.25) is 8.98 Å². The fourth-order valence-corrected chi connectivity index (χ4v) is 6.40. The Labute approximate surface area is 182 Å². The molecule has 0 aromatic heterocycles. The zero-order chi connectivity index (χ0) is 22.2. The molecule has 0 bridgehead atoms. The monoisotopic (exact) mass is 474 g/mol. The number of carbonyl (C=O) groups excluding carboxylic acids is 1. The third-order valence-corrected chi connectivity index (χ3v) is 8.28. The zero-order valence-corrected chi connectivity index (χ0v) is 19.2. The van der Waals surface area contributed by atoms with Gasteiger partial charge in [0.05, 0.1) is 29.6 Å². The maximum absolute atomic E-state index is 12.9. The lowest BCUT2D eigenvalue weighted by molar-refractivity contribution is -0.127. The zero-order valence-electron chi connectivity index (χ0n) is 16.7. The van der Waals surface area contributed by atoms with Crippen LogP contribution in [0.2, 0.25) is 0 Å². The van der Waals surface area contributed by atoms with Crippen LogP contribution in [-0.2, 0) is 28.9 Å². The molecule has 8 nitrogen and oxygen atoms in total. The van der Waals surface area contributed by atoms with Crippen molar-refractivity contribution in [1.82, 2.24) is 5.32 Å². The molecule has 1 fully saturated rings. The van der Waals surface area contributed by atoms with Gasteiger partial charge in [-0.05, 0) is 43.0 Å². The highest BCUT2D eigenvalue weighted by Crippen LogP contribution is 2.33. The molecule has 11 heteroatoms. The van der Waals surface area contributed by atoms with Crippen molar-refractivity contribution in [3.8, 4) is 6.07 Å². The minimum atomic E-state index is -3.57. The average molecular weight is 475 g/mol. The minimum Gasteiger partial charge on any atom is -0.343 e. The average Bonchev–Trinajstić information content (AvgIpc) is 2.69. The molecule has 30 heavy (non-hydrogen) atoms. The van der Waals surface area contributed by atoms with E-state index in [2.05, 4.69) is 9.50 Å². The molecule has 1 aliphatic rings. The third-order valence-electron chi connectivity index (χ3n) is 4.85. The molecule has 0 radical (unpaired) electrons. The molecule has 1 amide bonds. The van der Waals surface area contributed by atoms with Crippen molar-refractivity contribution in [2.24, 2.45) is 11.8 Å². The van der Waals surface area contributed by atoms with Crippen LogP contribution in [0.3, 0.4) is 0 Å². The number of nitrogens with one attached hydrogen (secondary N) is 1. The van der Waals surface area contributed by atoms with Crippen LogP contribution in [0.4, 0.5) is 0 Å². The van der Waals surface area contributed by atoms with E-state index >= 15 is 0 Å². The number of benzene rings is 1. The first-order valence-corrected chi connectivity index (χ1v) is 14.0. The minimum absolute atomic E-state index is 0.0421. The molecule has 0 spiro atoms. The molecule has 1 saturated carbocycles. The topological polar surface area (TPSA) is 130 Å². The number of hydrogen-bond donors (Lipinski definition) is 1. The van der Waals surface area contributed by atoms with E-state index in [1.54, 1.807) is 12.1 Å². The Morgan fingerprint density at radius 2 is 1.87 bits per heavy atom. The van der Waals surface area contributed by atoms with Gasteiger partial charge in [-0.15, -0.1) is 11.8 Å². The summed E-state index contributed by atoms with van der Waals surface area (Å²) in [7, 11) is -7.04. The largest absolute Gasteiger partial charge is 0.343 e. The van der Waals surface area contributed by atoms with Gasteiger partial charge in [0.25, 0.3) is 10.1 Å². The Kier molecular flexibility index (Phi) is 9.15. The van der Waals surface area contributed by atoms with Gasteiger partial charge < -0.3 is 5.32 Å². The summed E-state index contributed by atoms with van der Waals surface area (Å²) in [4.78, 5) is 13.3. The molecule has 2 rings (SSSR count). The standard InChI is InChI=1S/C19H26N2O6S3/c1-29(23,24)27-12-13-28-16-6-8-17(9-7-16)30(25,26)14-15-4-2-3-5-18(15)19(22)21-11-10-20/h6-9,15,18H,2-5,11-14H2,1H3,(H,21,22). The van der Waals surface area contributed by atoms with Crippen molar-refractivity contribution < 1.29 is 25.8 Å². The number of sulfone groups is 1. The maximum Gasteiger partial charge on any atom is 0.264 e. The summed E-state index contributed by atoms with van der Waals surface area (Å²) in [6, 6.07) is 8.28. The second-order valence-electron chi connectivity index (χ2n) is 7.15. The number of nitrogens with zero attached hydrogens (tertiary/aromatic N) is 1. The molecule has 1 N–H and O–H groups in total. The van der Waals surface area contributed by atoms with Crippen LogP contribution in [-0.4, -0.2) is 53.7 Å². The van der Waals surface area contributed by atoms with Crippen LogP contribution in [0.5, 0.6) is 0 Å². The molecule has 166 valence electrons. The van der Waals surface area contributed by atoms with E-state index in [-0.39, 0.29) is 35.6 Å². The van der Waals surface area contributed by atoms with E-state index in [4.69, 9.17) is 5.26 Å². The lowest BCUT2D eigenvalue weighted by atomic mass is 9.80. The van der Waals surface area contributed by atoms with Gasteiger partial charge in [-0.1, -0.05) is 12.8 Å². The fraction of sp³-hybridized carbons (Fsp3) is 0.579. The van der Waals surface area contributed by atoms with Crippen LogP contribution >= 0.6 is 11.8 Å².